The van der Waals surface area contributed by atoms with Crippen LogP contribution >= 0.6 is 12.2 Å². The van der Waals surface area contributed by atoms with Gasteiger partial charge in [0.2, 0.25) is 4.77 Å². The van der Waals surface area contributed by atoms with E-state index in [4.69, 9.17) is 17.3 Å². The van der Waals surface area contributed by atoms with Gasteiger partial charge in [0.15, 0.2) is 5.82 Å². The van der Waals surface area contributed by atoms with Crippen molar-refractivity contribution in [2.75, 3.05) is 26.2 Å². The van der Waals surface area contributed by atoms with Gasteiger partial charge in [-0.25, -0.2) is 4.68 Å². The standard InChI is InChI=1S/C25H24N6OS/c32-24(20-8-3-1-4-9-20)29-16-14-28(15-17-29)19-30-25(33)31(22-11-5-2-6-12-22)23(27-30)21-10-7-13-26-18-21/h1-13,18H,14-17,19H2. The third-order valence-corrected chi connectivity index (χ3v) is 6.18. The molecule has 166 valence electrons. The largest absolute Gasteiger partial charge is 0.336 e. The van der Waals surface area contributed by atoms with E-state index in [2.05, 4.69) is 9.88 Å². The molecule has 1 fully saturated rings. The lowest BCUT2D eigenvalue weighted by atomic mass is 10.2. The normalized spacial score (nSPS) is 14.4. The summed E-state index contributed by atoms with van der Waals surface area (Å²) in [5.74, 6) is 0.844. The van der Waals surface area contributed by atoms with Gasteiger partial charge in [-0.3, -0.25) is 19.2 Å². The number of pyridine rings is 1. The first-order chi connectivity index (χ1) is 16.2. The Morgan fingerprint density at radius 1 is 0.879 bits per heavy atom. The van der Waals surface area contributed by atoms with Gasteiger partial charge < -0.3 is 4.90 Å². The molecule has 1 amide bonds. The number of nitrogens with zero attached hydrogens (tertiary/aromatic N) is 6. The molecule has 2 aromatic carbocycles. The van der Waals surface area contributed by atoms with Crippen LogP contribution in [0.5, 0.6) is 0 Å². The molecule has 0 spiro atoms. The van der Waals surface area contributed by atoms with E-state index in [1.165, 1.54) is 0 Å². The van der Waals surface area contributed by atoms with Crippen molar-refractivity contribution < 1.29 is 4.79 Å². The molecule has 0 N–H and O–H groups in total. The Bertz CT molecular complexity index is 1280. The van der Waals surface area contributed by atoms with Gasteiger partial charge >= 0.3 is 0 Å². The topological polar surface area (TPSA) is 59.2 Å². The van der Waals surface area contributed by atoms with Gasteiger partial charge in [0.05, 0.1) is 6.67 Å². The number of carbonyl (C=O) groups is 1. The third kappa shape index (κ3) is 4.48. The second-order valence-corrected chi connectivity index (χ2v) is 8.30. The van der Waals surface area contributed by atoms with E-state index in [0.29, 0.717) is 24.5 Å². The van der Waals surface area contributed by atoms with Crippen molar-refractivity contribution >= 4 is 18.1 Å². The lowest BCUT2D eigenvalue weighted by Gasteiger charge is -2.34. The quantitative estimate of drug-likeness (QED) is 0.427. The lowest BCUT2D eigenvalue weighted by molar-refractivity contribution is 0.0585. The highest BCUT2D eigenvalue weighted by molar-refractivity contribution is 7.71. The van der Waals surface area contributed by atoms with Crippen molar-refractivity contribution in [1.29, 1.82) is 0 Å². The Kier molecular flexibility index (Phi) is 6.10. The zero-order chi connectivity index (χ0) is 22.6. The molecule has 1 aliphatic heterocycles. The summed E-state index contributed by atoms with van der Waals surface area (Å²) in [6.45, 7) is 3.45. The van der Waals surface area contributed by atoms with Crippen LogP contribution in [0.1, 0.15) is 10.4 Å². The van der Waals surface area contributed by atoms with Crippen LogP contribution < -0.4 is 0 Å². The van der Waals surface area contributed by atoms with Crippen LogP contribution in [0.3, 0.4) is 0 Å². The summed E-state index contributed by atoms with van der Waals surface area (Å²) in [6, 6.07) is 23.3. The first-order valence-corrected chi connectivity index (χ1v) is 11.3. The smallest absolute Gasteiger partial charge is 0.253 e. The van der Waals surface area contributed by atoms with Gasteiger partial charge in [-0.1, -0.05) is 36.4 Å². The molecule has 0 saturated carbocycles. The molecule has 0 radical (unpaired) electrons. The molecule has 8 heteroatoms. The SMILES string of the molecule is O=C(c1ccccc1)N1CCN(Cn2nc(-c3cccnc3)n(-c3ccccc3)c2=S)CC1. The fraction of sp³-hybridized carbons (Fsp3) is 0.200. The second-order valence-electron chi connectivity index (χ2n) is 7.94. The van der Waals surface area contributed by atoms with Crippen LogP contribution in [0.2, 0.25) is 0 Å². The average molecular weight is 457 g/mol. The minimum Gasteiger partial charge on any atom is -0.336 e. The van der Waals surface area contributed by atoms with E-state index in [9.17, 15) is 4.79 Å². The summed E-state index contributed by atoms with van der Waals surface area (Å²) in [5.41, 5.74) is 2.60. The molecule has 33 heavy (non-hydrogen) atoms. The monoisotopic (exact) mass is 456 g/mol. The fourth-order valence-electron chi connectivity index (χ4n) is 4.04. The molecule has 0 unspecified atom stereocenters. The van der Waals surface area contributed by atoms with Crippen molar-refractivity contribution in [3.05, 3.63) is 95.5 Å². The molecule has 0 aliphatic carbocycles. The van der Waals surface area contributed by atoms with E-state index >= 15 is 0 Å². The maximum Gasteiger partial charge on any atom is 0.253 e. The van der Waals surface area contributed by atoms with E-state index in [1.54, 1.807) is 12.4 Å². The van der Waals surface area contributed by atoms with Crippen LogP contribution in [0.4, 0.5) is 0 Å². The molecule has 7 nitrogen and oxygen atoms in total. The summed E-state index contributed by atoms with van der Waals surface area (Å²) in [7, 11) is 0. The average Bonchev–Trinajstić information content (AvgIpc) is 3.21. The van der Waals surface area contributed by atoms with Crippen LogP contribution in [0, 0.1) is 4.77 Å². The Morgan fingerprint density at radius 3 is 2.24 bits per heavy atom. The number of aromatic nitrogens is 4. The highest BCUT2D eigenvalue weighted by Gasteiger charge is 2.23. The van der Waals surface area contributed by atoms with Gasteiger partial charge in [-0.15, -0.1) is 5.10 Å². The minimum atomic E-state index is 0.0825. The molecule has 5 rings (SSSR count). The lowest BCUT2D eigenvalue weighted by Crippen LogP contribution is -2.49. The van der Waals surface area contributed by atoms with Crippen molar-refractivity contribution in [3.8, 4) is 17.1 Å². The van der Waals surface area contributed by atoms with Gasteiger partial charge in [-0.05, 0) is 48.6 Å². The summed E-state index contributed by atoms with van der Waals surface area (Å²) < 4.78 is 4.48. The molecule has 2 aromatic heterocycles. The number of carbonyl (C=O) groups excluding carboxylic acids is 1. The highest BCUT2D eigenvalue weighted by Crippen LogP contribution is 2.22. The van der Waals surface area contributed by atoms with Crippen LogP contribution in [0.15, 0.2) is 85.2 Å². The first-order valence-electron chi connectivity index (χ1n) is 10.9. The van der Waals surface area contributed by atoms with Crippen LogP contribution in [-0.2, 0) is 6.67 Å². The summed E-state index contributed by atoms with van der Waals surface area (Å²) in [4.78, 5) is 21.2. The molecular formula is C25H24N6OS. The first kappa shape index (κ1) is 21.2. The maximum absolute atomic E-state index is 12.7. The second kappa shape index (κ2) is 9.48. The van der Waals surface area contributed by atoms with E-state index in [-0.39, 0.29) is 5.91 Å². The van der Waals surface area contributed by atoms with Gasteiger partial charge in [-0.2, -0.15) is 0 Å². The number of piperazine rings is 1. The van der Waals surface area contributed by atoms with E-state index in [0.717, 1.165) is 35.7 Å². The van der Waals surface area contributed by atoms with Crippen molar-refractivity contribution in [3.63, 3.8) is 0 Å². The number of hydrogen-bond donors (Lipinski definition) is 0. The predicted molar refractivity (Wildman–Crippen MR) is 130 cm³/mol. The zero-order valence-electron chi connectivity index (χ0n) is 18.1. The van der Waals surface area contributed by atoms with Crippen molar-refractivity contribution in [1.82, 2.24) is 29.1 Å². The maximum atomic E-state index is 12.7. The fourth-order valence-corrected chi connectivity index (χ4v) is 4.33. The van der Waals surface area contributed by atoms with Crippen LogP contribution in [0.25, 0.3) is 17.1 Å². The van der Waals surface area contributed by atoms with Gasteiger partial charge in [0.1, 0.15) is 0 Å². The molecule has 4 aromatic rings. The van der Waals surface area contributed by atoms with E-state index in [1.807, 2.05) is 86.9 Å². The Labute approximate surface area is 197 Å². The molecule has 1 saturated heterocycles. The minimum absolute atomic E-state index is 0.0825. The zero-order valence-corrected chi connectivity index (χ0v) is 18.9. The summed E-state index contributed by atoms with van der Waals surface area (Å²) >= 11 is 5.84. The molecule has 0 atom stereocenters. The van der Waals surface area contributed by atoms with E-state index < -0.39 is 0 Å². The molecular weight excluding hydrogens is 432 g/mol. The summed E-state index contributed by atoms with van der Waals surface area (Å²) in [5, 5.41) is 4.87. The number of para-hydroxylation sites is 1. The molecule has 1 aliphatic rings. The summed E-state index contributed by atoms with van der Waals surface area (Å²) in [6.07, 6.45) is 3.55. The third-order valence-electron chi connectivity index (χ3n) is 5.79. The number of amides is 1. The van der Waals surface area contributed by atoms with Crippen molar-refractivity contribution in [2.45, 2.75) is 6.67 Å². The predicted octanol–water partition coefficient (Wildman–Crippen LogP) is 3.88. The number of rotatable bonds is 5. The number of hydrogen-bond acceptors (Lipinski definition) is 5. The van der Waals surface area contributed by atoms with Crippen molar-refractivity contribution in [2.24, 2.45) is 0 Å². The Morgan fingerprint density at radius 2 is 1.58 bits per heavy atom. The Hall–Kier alpha value is -3.62. The highest BCUT2D eigenvalue weighted by atomic mass is 32.1. The number of benzene rings is 2. The van der Waals surface area contributed by atoms with Gasteiger partial charge in [0, 0.05) is 55.4 Å². The van der Waals surface area contributed by atoms with Crippen LogP contribution in [-0.4, -0.2) is 61.2 Å². The van der Waals surface area contributed by atoms with Gasteiger partial charge in [0.25, 0.3) is 5.91 Å². The molecule has 0 bridgehead atoms. The molecule has 3 heterocycles. The Balaban J connectivity index is 1.36.